The topological polar surface area (TPSA) is 109 Å². The number of rotatable bonds is 10. The largest absolute Gasteiger partial charge is 0.350 e. The lowest BCUT2D eigenvalue weighted by Gasteiger charge is -2.44. The van der Waals surface area contributed by atoms with E-state index in [1.165, 1.54) is 18.3 Å². The molecule has 12 heteroatoms. The van der Waals surface area contributed by atoms with Crippen molar-refractivity contribution in [2.24, 2.45) is 0 Å². The number of carbonyl (C=O) groups excluding carboxylic acids is 1. The van der Waals surface area contributed by atoms with Gasteiger partial charge in [0, 0.05) is 43.0 Å². The van der Waals surface area contributed by atoms with Gasteiger partial charge in [-0.2, -0.15) is 0 Å². The van der Waals surface area contributed by atoms with Gasteiger partial charge in [-0.05, 0) is 31.4 Å². The Morgan fingerprint density at radius 2 is 1.79 bits per heavy atom. The van der Waals surface area contributed by atoms with E-state index in [0.717, 1.165) is 52.9 Å². The molecule has 0 radical (unpaired) electrons. The van der Waals surface area contributed by atoms with Crippen molar-refractivity contribution in [2.75, 3.05) is 28.6 Å². The average molecular weight is 555 g/mol. The molecule has 0 bridgehead atoms. The molecule has 0 spiro atoms. The molecule has 1 saturated heterocycles. The summed E-state index contributed by atoms with van der Waals surface area (Å²) in [5, 5.41) is 26.5. The van der Waals surface area contributed by atoms with Gasteiger partial charge in [0.1, 0.15) is 21.5 Å². The second kappa shape index (κ2) is 11.2. The van der Waals surface area contributed by atoms with Crippen molar-refractivity contribution in [3.8, 4) is 0 Å². The summed E-state index contributed by atoms with van der Waals surface area (Å²) in [5.41, 5.74) is 0.426. The fourth-order valence-corrected chi connectivity index (χ4v) is 6.91. The third-order valence-corrected chi connectivity index (χ3v) is 8.79. The second-order valence-electron chi connectivity index (χ2n) is 10.0. The van der Waals surface area contributed by atoms with Crippen LogP contribution >= 0.6 is 22.7 Å². The molecule has 2 N–H and O–H groups in total. The molecule has 200 valence electrons. The number of hydrogen-bond acceptors (Lipinski definition) is 10. The molecule has 1 aliphatic heterocycles. The number of halogens is 1. The molecule has 5 rings (SSSR count). The Kier molecular flexibility index (Phi) is 7.80. The van der Waals surface area contributed by atoms with Crippen LogP contribution in [0.2, 0.25) is 0 Å². The fraction of sp³-hybridized carbons (Fsp3) is 0.462. The van der Waals surface area contributed by atoms with Crippen LogP contribution in [0.4, 0.5) is 20.5 Å². The predicted molar refractivity (Wildman–Crippen MR) is 150 cm³/mol. The van der Waals surface area contributed by atoms with Crippen LogP contribution in [0.15, 0.2) is 43.1 Å². The molecule has 3 aromatic rings. The van der Waals surface area contributed by atoms with E-state index in [-0.39, 0.29) is 5.91 Å². The standard InChI is InChI=1S/C26H31FN8OS2/c1-4-11-26(27)14-35(15-26)21-10-6-9-20(30-21)12-16(2)28-24-33-31-22(37-24)18-7-5-8-19(13-18)23-32-34-25(38-23)29-17(3)36/h4,6,9-10,18-19H,1-2,5,7-8,11-15H2,3H3,(H,28,33)(H,29,34,36)/t18-,19-/m0/s1. The van der Waals surface area contributed by atoms with Crippen LogP contribution in [-0.2, 0) is 11.2 Å². The molecule has 1 aliphatic carbocycles. The zero-order chi connectivity index (χ0) is 26.7. The lowest BCUT2D eigenvalue weighted by molar-refractivity contribution is -0.114. The first-order valence-corrected chi connectivity index (χ1v) is 14.3. The van der Waals surface area contributed by atoms with Gasteiger partial charge in [0.15, 0.2) is 0 Å². The van der Waals surface area contributed by atoms with E-state index in [0.29, 0.717) is 48.0 Å². The molecule has 0 unspecified atom stereocenters. The van der Waals surface area contributed by atoms with E-state index < -0.39 is 5.67 Å². The first kappa shape index (κ1) is 26.4. The van der Waals surface area contributed by atoms with Gasteiger partial charge in [-0.3, -0.25) is 4.79 Å². The molecule has 9 nitrogen and oxygen atoms in total. The number of carbonyl (C=O) groups is 1. The fourth-order valence-electron chi connectivity index (χ4n) is 5.03. The zero-order valence-corrected chi connectivity index (χ0v) is 23.0. The van der Waals surface area contributed by atoms with Gasteiger partial charge >= 0.3 is 0 Å². The first-order chi connectivity index (χ1) is 18.3. The molecule has 1 amide bonds. The van der Waals surface area contributed by atoms with E-state index in [1.807, 2.05) is 23.1 Å². The summed E-state index contributed by atoms with van der Waals surface area (Å²) < 4.78 is 14.5. The van der Waals surface area contributed by atoms with Crippen LogP contribution in [0.1, 0.15) is 66.6 Å². The number of anilines is 3. The average Bonchev–Trinajstić information content (AvgIpc) is 3.52. The quantitative estimate of drug-likeness (QED) is 0.318. The van der Waals surface area contributed by atoms with Gasteiger partial charge in [0.25, 0.3) is 0 Å². The Morgan fingerprint density at radius 3 is 2.42 bits per heavy atom. The van der Waals surface area contributed by atoms with Crippen LogP contribution in [0, 0.1) is 0 Å². The molecular weight excluding hydrogens is 523 g/mol. The van der Waals surface area contributed by atoms with E-state index in [9.17, 15) is 9.18 Å². The third kappa shape index (κ3) is 6.24. The maximum Gasteiger partial charge on any atom is 0.223 e. The summed E-state index contributed by atoms with van der Waals surface area (Å²) in [7, 11) is 0. The number of pyridine rings is 1. The van der Waals surface area contributed by atoms with Crippen molar-refractivity contribution in [1.29, 1.82) is 0 Å². The van der Waals surface area contributed by atoms with Gasteiger partial charge in [-0.1, -0.05) is 47.8 Å². The highest BCUT2D eigenvalue weighted by atomic mass is 32.1. The van der Waals surface area contributed by atoms with Crippen LogP contribution in [0.3, 0.4) is 0 Å². The van der Waals surface area contributed by atoms with E-state index in [4.69, 9.17) is 4.98 Å². The van der Waals surface area contributed by atoms with Crippen molar-refractivity contribution in [3.63, 3.8) is 0 Å². The normalized spacial score (nSPS) is 20.4. The number of hydrogen-bond donors (Lipinski definition) is 2. The van der Waals surface area contributed by atoms with Crippen LogP contribution < -0.4 is 15.5 Å². The van der Waals surface area contributed by atoms with Gasteiger partial charge in [0.2, 0.25) is 16.2 Å². The minimum atomic E-state index is -1.20. The van der Waals surface area contributed by atoms with E-state index >= 15 is 0 Å². The van der Waals surface area contributed by atoms with Gasteiger partial charge < -0.3 is 15.5 Å². The van der Waals surface area contributed by atoms with Crippen molar-refractivity contribution in [2.45, 2.75) is 63.0 Å². The number of nitrogens with one attached hydrogen (secondary N) is 2. The lowest BCUT2D eigenvalue weighted by Crippen LogP contribution is -2.59. The molecule has 2 aliphatic rings. The van der Waals surface area contributed by atoms with Crippen molar-refractivity contribution in [1.82, 2.24) is 25.4 Å². The smallest absolute Gasteiger partial charge is 0.223 e. The number of nitrogens with zero attached hydrogens (tertiary/aromatic N) is 6. The molecule has 2 fully saturated rings. The molecule has 38 heavy (non-hydrogen) atoms. The summed E-state index contributed by atoms with van der Waals surface area (Å²) in [6.07, 6.45) is 6.64. The van der Waals surface area contributed by atoms with Crippen LogP contribution in [-0.4, -0.2) is 50.0 Å². The molecule has 1 saturated carbocycles. The van der Waals surface area contributed by atoms with Crippen LogP contribution in [0.25, 0.3) is 0 Å². The second-order valence-corrected chi connectivity index (χ2v) is 12.0. The summed E-state index contributed by atoms with van der Waals surface area (Å²) in [4.78, 5) is 17.9. The number of aromatic nitrogens is 5. The summed E-state index contributed by atoms with van der Waals surface area (Å²) >= 11 is 3.00. The first-order valence-electron chi connectivity index (χ1n) is 12.7. The maximum atomic E-state index is 14.5. The zero-order valence-electron chi connectivity index (χ0n) is 21.3. The van der Waals surface area contributed by atoms with Gasteiger partial charge in [-0.25, -0.2) is 9.37 Å². The number of alkyl halides is 1. The van der Waals surface area contributed by atoms with Gasteiger partial charge in [0.05, 0.1) is 13.1 Å². The Morgan fingerprint density at radius 1 is 1.13 bits per heavy atom. The van der Waals surface area contributed by atoms with E-state index in [1.54, 1.807) is 17.4 Å². The Bertz CT molecular complexity index is 1320. The van der Waals surface area contributed by atoms with Crippen molar-refractivity contribution >= 4 is 44.7 Å². The molecule has 3 aromatic heterocycles. The van der Waals surface area contributed by atoms with Crippen molar-refractivity contribution < 1.29 is 9.18 Å². The Balaban J connectivity index is 1.15. The van der Waals surface area contributed by atoms with E-state index in [2.05, 4.69) is 44.2 Å². The summed E-state index contributed by atoms with van der Waals surface area (Å²) in [6, 6.07) is 5.79. The highest BCUT2D eigenvalue weighted by molar-refractivity contribution is 7.15. The lowest BCUT2D eigenvalue weighted by atomic mass is 9.82. The monoisotopic (exact) mass is 554 g/mol. The SMILES string of the molecule is C=CCC1(F)CN(c2cccc(CC(=C)Nc3nnc([C@H]4CCC[C@H](c5nnc(NC(C)=O)s5)C4)s3)n2)C1. The highest BCUT2D eigenvalue weighted by Gasteiger charge is 2.43. The molecule has 4 heterocycles. The third-order valence-electron chi connectivity index (χ3n) is 6.79. The summed E-state index contributed by atoms with van der Waals surface area (Å²) in [6.45, 7) is 9.93. The highest BCUT2D eigenvalue weighted by Crippen LogP contribution is 2.43. The summed E-state index contributed by atoms with van der Waals surface area (Å²) in [5.74, 6) is 1.24. The minimum Gasteiger partial charge on any atom is -0.350 e. The maximum absolute atomic E-state index is 14.5. The van der Waals surface area contributed by atoms with Crippen LogP contribution in [0.5, 0.6) is 0 Å². The predicted octanol–water partition coefficient (Wildman–Crippen LogP) is 5.46. The number of amides is 1. The Labute approximate surface area is 229 Å². The van der Waals surface area contributed by atoms with Gasteiger partial charge in [-0.15, -0.1) is 27.0 Å². The number of allylic oxidation sites excluding steroid dienone is 2. The molecule has 0 aromatic carbocycles. The molecular formula is C26H31FN8OS2. The Hall–Kier alpha value is -3.25. The molecule has 2 atom stereocenters. The minimum absolute atomic E-state index is 0.142. The van der Waals surface area contributed by atoms with Crippen molar-refractivity contribution in [3.05, 3.63) is 58.8 Å².